The Labute approximate surface area is 191 Å². The highest BCUT2D eigenvalue weighted by Crippen LogP contribution is 2.46. The smallest absolute Gasteiger partial charge is 0.231 e. The van der Waals surface area contributed by atoms with Crippen LogP contribution >= 0.6 is 0 Å². The van der Waals surface area contributed by atoms with Crippen LogP contribution in [0.15, 0.2) is 24.5 Å². The number of anilines is 2. The summed E-state index contributed by atoms with van der Waals surface area (Å²) < 4.78 is 23.0. The number of nitriles is 1. The van der Waals surface area contributed by atoms with Crippen molar-refractivity contribution >= 4 is 22.4 Å². The fourth-order valence-electron chi connectivity index (χ4n) is 4.23. The highest BCUT2D eigenvalue weighted by molar-refractivity contribution is 5.94. The molecule has 0 aliphatic carbocycles. The molecule has 0 saturated heterocycles. The largest absolute Gasteiger partial charge is 0.493 e. The molecule has 0 radical (unpaired) electrons. The van der Waals surface area contributed by atoms with Crippen molar-refractivity contribution in [1.29, 1.82) is 5.26 Å². The van der Waals surface area contributed by atoms with Gasteiger partial charge in [0.2, 0.25) is 6.79 Å². The molecule has 2 aliphatic heterocycles. The molecule has 9 heteroatoms. The van der Waals surface area contributed by atoms with Gasteiger partial charge in [-0.2, -0.15) is 5.26 Å². The van der Waals surface area contributed by atoms with Gasteiger partial charge in [0.15, 0.2) is 23.0 Å². The van der Waals surface area contributed by atoms with Crippen LogP contribution in [0.1, 0.15) is 30.4 Å². The maximum Gasteiger partial charge on any atom is 0.231 e. The first-order chi connectivity index (χ1) is 16.2. The van der Waals surface area contributed by atoms with Crippen molar-refractivity contribution in [3.63, 3.8) is 0 Å². The molecule has 33 heavy (non-hydrogen) atoms. The Morgan fingerprint density at radius 1 is 1.09 bits per heavy atom. The Bertz CT molecular complexity index is 1240. The Hall–Kier alpha value is -3.77. The van der Waals surface area contributed by atoms with E-state index in [2.05, 4.69) is 33.3 Å². The topological polar surface area (TPSA) is 102 Å². The van der Waals surface area contributed by atoms with E-state index in [1.165, 1.54) is 6.33 Å². The fourth-order valence-corrected chi connectivity index (χ4v) is 4.23. The van der Waals surface area contributed by atoms with E-state index >= 15 is 0 Å². The van der Waals surface area contributed by atoms with Crippen LogP contribution in [0.5, 0.6) is 23.0 Å². The molecule has 0 saturated carbocycles. The lowest BCUT2D eigenvalue weighted by molar-refractivity contribution is 0.174. The van der Waals surface area contributed by atoms with Gasteiger partial charge in [0, 0.05) is 18.0 Å². The molecule has 0 atom stereocenters. The normalized spacial score (nSPS) is 16.2. The van der Waals surface area contributed by atoms with E-state index in [4.69, 9.17) is 18.9 Å². The number of hydrogen-bond donors (Lipinski definition) is 1. The van der Waals surface area contributed by atoms with E-state index < -0.39 is 0 Å². The van der Waals surface area contributed by atoms with E-state index in [0.717, 1.165) is 48.0 Å². The zero-order valence-corrected chi connectivity index (χ0v) is 18.7. The zero-order valence-electron chi connectivity index (χ0n) is 18.7. The van der Waals surface area contributed by atoms with Crippen LogP contribution in [0.25, 0.3) is 10.9 Å². The predicted molar refractivity (Wildman–Crippen MR) is 122 cm³/mol. The van der Waals surface area contributed by atoms with E-state index in [1.54, 1.807) is 7.11 Å². The second-order valence-electron chi connectivity index (χ2n) is 8.15. The van der Waals surface area contributed by atoms with E-state index in [-0.39, 0.29) is 6.79 Å². The summed E-state index contributed by atoms with van der Waals surface area (Å²) in [6.07, 6.45) is 4.54. The Morgan fingerprint density at radius 2 is 1.97 bits per heavy atom. The number of benzene rings is 2. The lowest BCUT2D eigenvalue weighted by Gasteiger charge is -2.21. The summed E-state index contributed by atoms with van der Waals surface area (Å²) in [6, 6.07) is 7.86. The first-order valence-electron chi connectivity index (χ1n) is 10.9. The number of fused-ring (bicyclic) bond motifs is 4. The van der Waals surface area contributed by atoms with Crippen molar-refractivity contribution in [3.05, 3.63) is 35.7 Å². The van der Waals surface area contributed by atoms with Crippen molar-refractivity contribution in [2.45, 2.75) is 25.8 Å². The standard InChI is InChI=1S/C24H25N5O4/c1-29-6-4-3-5-7-31-20-9-17-18(10-19(20)30-2)26-13-27-24(17)28-21-16(12-29)8-15(11-25)22-23(21)33-14-32-22/h8-10,13H,3-7,12,14H2,1-2H3,(H,26,27,28). The van der Waals surface area contributed by atoms with E-state index in [1.807, 2.05) is 18.2 Å². The van der Waals surface area contributed by atoms with Crippen LogP contribution in [0.3, 0.4) is 0 Å². The minimum Gasteiger partial charge on any atom is -0.493 e. The first-order valence-corrected chi connectivity index (χ1v) is 10.9. The molecule has 2 aromatic carbocycles. The number of rotatable bonds is 1. The molecular formula is C24H25N5O4. The maximum absolute atomic E-state index is 9.68. The van der Waals surface area contributed by atoms with Crippen LogP contribution in [0.2, 0.25) is 0 Å². The lowest BCUT2D eigenvalue weighted by Crippen LogP contribution is -2.20. The molecule has 5 rings (SSSR count). The quantitative estimate of drug-likeness (QED) is 0.593. The van der Waals surface area contributed by atoms with Gasteiger partial charge >= 0.3 is 0 Å². The summed E-state index contributed by atoms with van der Waals surface area (Å²) >= 11 is 0. The minimum absolute atomic E-state index is 0.0672. The van der Waals surface area contributed by atoms with Crippen LogP contribution in [-0.2, 0) is 6.54 Å². The molecule has 0 unspecified atom stereocenters. The van der Waals surface area contributed by atoms with Gasteiger partial charge in [-0.3, -0.25) is 0 Å². The average molecular weight is 447 g/mol. The number of ether oxygens (including phenoxy) is 4. The summed E-state index contributed by atoms with van der Waals surface area (Å²) in [6.45, 7) is 2.24. The second kappa shape index (κ2) is 9.00. The van der Waals surface area contributed by atoms with Gasteiger partial charge in [-0.1, -0.05) is 0 Å². The highest BCUT2D eigenvalue weighted by Gasteiger charge is 2.27. The molecule has 2 bridgehead atoms. The van der Waals surface area contributed by atoms with Gasteiger partial charge in [0.05, 0.1) is 30.5 Å². The number of nitrogens with one attached hydrogen (secondary N) is 1. The predicted octanol–water partition coefficient (Wildman–Crippen LogP) is 3.98. The molecule has 3 aromatic rings. The van der Waals surface area contributed by atoms with E-state index in [9.17, 15) is 5.26 Å². The molecule has 0 spiro atoms. The van der Waals surface area contributed by atoms with Crippen molar-refractivity contribution in [1.82, 2.24) is 14.9 Å². The van der Waals surface area contributed by atoms with Crippen LogP contribution in [-0.4, -0.2) is 49.0 Å². The van der Waals surface area contributed by atoms with Crippen LogP contribution in [0, 0.1) is 11.3 Å². The van der Waals surface area contributed by atoms with Gasteiger partial charge in [-0.15, -0.1) is 0 Å². The summed E-state index contributed by atoms with van der Waals surface area (Å²) in [7, 11) is 3.70. The molecule has 1 N–H and O–H groups in total. The number of nitrogens with zero attached hydrogens (tertiary/aromatic N) is 4. The summed E-state index contributed by atoms with van der Waals surface area (Å²) in [5, 5.41) is 13.9. The molecule has 0 amide bonds. The van der Waals surface area contributed by atoms with Gasteiger partial charge in [-0.25, -0.2) is 9.97 Å². The molecular weight excluding hydrogens is 422 g/mol. The zero-order chi connectivity index (χ0) is 22.8. The Balaban J connectivity index is 1.68. The van der Waals surface area contributed by atoms with Gasteiger partial charge < -0.3 is 29.2 Å². The molecule has 3 heterocycles. The SMILES string of the molecule is COc1cc2ncnc3c2cc1OCCCCCN(C)Cc1cc(C#N)c2c(c1N3)OCO2. The molecule has 9 nitrogen and oxygen atoms in total. The van der Waals surface area contributed by atoms with Crippen LogP contribution in [0.4, 0.5) is 11.5 Å². The number of methoxy groups -OCH3 is 1. The molecule has 170 valence electrons. The Morgan fingerprint density at radius 3 is 2.82 bits per heavy atom. The monoisotopic (exact) mass is 447 g/mol. The average Bonchev–Trinajstić information content (AvgIpc) is 3.31. The third kappa shape index (κ3) is 4.05. The lowest BCUT2D eigenvalue weighted by atomic mass is 10.1. The third-order valence-electron chi connectivity index (χ3n) is 5.89. The third-order valence-corrected chi connectivity index (χ3v) is 5.89. The van der Waals surface area contributed by atoms with Crippen molar-refractivity contribution < 1.29 is 18.9 Å². The van der Waals surface area contributed by atoms with Gasteiger partial charge in [0.25, 0.3) is 0 Å². The van der Waals surface area contributed by atoms with Gasteiger partial charge in [0.1, 0.15) is 18.2 Å². The maximum atomic E-state index is 9.68. The molecule has 0 fully saturated rings. The summed E-state index contributed by atoms with van der Waals surface area (Å²) in [5.41, 5.74) is 2.86. The Kier molecular flexibility index (Phi) is 5.75. The second-order valence-corrected chi connectivity index (χ2v) is 8.15. The fraction of sp³-hybridized carbons (Fsp3) is 0.375. The van der Waals surface area contributed by atoms with E-state index in [0.29, 0.717) is 47.5 Å². The first kappa shape index (κ1) is 21.1. The van der Waals surface area contributed by atoms with Crippen LogP contribution < -0.4 is 24.3 Å². The summed E-state index contributed by atoms with van der Waals surface area (Å²) in [5.74, 6) is 2.87. The molecule has 1 aromatic heterocycles. The van der Waals surface area contributed by atoms with Crippen molar-refractivity contribution in [2.75, 3.05) is 39.4 Å². The molecule has 2 aliphatic rings. The van der Waals surface area contributed by atoms with Gasteiger partial charge in [-0.05, 0) is 50.6 Å². The number of aromatic nitrogens is 2. The minimum atomic E-state index is 0.0672. The van der Waals surface area contributed by atoms with Crippen molar-refractivity contribution in [2.24, 2.45) is 0 Å². The highest BCUT2D eigenvalue weighted by atomic mass is 16.7. The summed E-state index contributed by atoms with van der Waals surface area (Å²) in [4.78, 5) is 11.2. The number of hydrogen-bond acceptors (Lipinski definition) is 9. The van der Waals surface area contributed by atoms with Crippen molar-refractivity contribution in [3.8, 4) is 29.1 Å².